The molecule has 3 aromatic carbocycles. The number of benzene rings is 3. The Morgan fingerprint density at radius 1 is 0.973 bits per heavy atom. The number of rotatable bonds is 10. The molecule has 1 N–H and O–H groups in total. The van der Waals surface area contributed by atoms with Crippen molar-refractivity contribution >= 4 is 40.7 Å². The molecule has 0 aliphatic carbocycles. The second kappa shape index (κ2) is 13.6. The summed E-state index contributed by atoms with van der Waals surface area (Å²) in [6, 6.07) is 23.7. The van der Waals surface area contributed by atoms with Crippen molar-refractivity contribution in [2.45, 2.75) is 19.8 Å². The summed E-state index contributed by atoms with van der Waals surface area (Å²) in [6.07, 6.45) is 6.10. The highest BCUT2D eigenvalue weighted by molar-refractivity contribution is 6.34. The zero-order chi connectivity index (χ0) is 26.8. The molecule has 0 aliphatic heterocycles. The van der Waals surface area contributed by atoms with Crippen LogP contribution in [0.25, 0.3) is 11.1 Å². The number of anilines is 1. The number of amidine groups is 1. The van der Waals surface area contributed by atoms with Crippen LogP contribution in [0, 0.1) is 6.92 Å². The van der Waals surface area contributed by atoms with E-state index in [1.165, 1.54) is 11.1 Å². The number of hydrogen-bond acceptors (Lipinski definition) is 2. The number of allylic oxidation sites excluding steroid dienone is 4. The SMILES string of the molecule is C=C/C=C(Cl)\C=C(\Cl)CCN=C(Cc1ccc(-c2ccc(C)cc2)cc1)N(C)c1ccc(C(=O)O)cc1. The number of halogens is 2. The molecule has 0 aliphatic rings. The predicted octanol–water partition coefficient (Wildman–Crippen LogP) is 8.26. The molecule has 0 fully saturated rings. The van der Waals surface area contributed by atoms with Crippen LogP contribution in [0.2, 0.25) is 0 Å². The molecule has 0 atom stereocenters. The van der Waals surface area contributed by atoms with E-state index in [0.717, 1.165) is 22.6 Å². The highest BCUT2D eigenvalue weighted by Crippen LogP contribution is 2.22. The first-order valence-corrected chi connectivity index (χ1v) is 12.6. The van der Waals surface area contributed by atoms with Crippen molar-refractivity contribution in [2.24, 2.45) is 4.99 Å². The van der Waals surface area contributed by atoms with Gasteiger partial charge in [-0.3, -0.25) is 4.99 Å². The number of carbonyl (C=O) groups is 1. The summed E-state index contributed by atoms with van der Waals surface area (Å²) in [5.74, 6) is -0.120. The first-order chi connectivity index (χ1) is 17.8. The van der Waals surface area contributed by atoms with Crippen molar-refractivity contribution < 1.29 is 9.90 Å². The maximum Gasteiger partial charge on any atom is 0.335 e. The van der Waals surface area contributed by atoms with E-state index < -0.39 is 5.97 Å². The van der Waals surface area contributed by atoms with E-state index in [1.54, 1.807) is 42.5 Å². The minimum absolute atomic E-state index is 0.240. The van der Waals surface area contributed by atoms with Crippen LogP contribution in [0.3, 0.4) is 0 Å². The van der Waals surface area contributed by atoms with Crippen LogP contribution in [0.1, 0.15) is 27.9 Å². The lowest BCUT2D eigenvalue weighted by atomic mass is 10.0. The molecule has 0 unspecified atom stereocenters. The minimum atomic E-state index is -0.956. The van der Waals surface area contributed by atoms with Gasteiger partial charge in [-0.2, -0.15) is 0 Å². The number of carboxylic acid groups (broad SMARTS) is 1. The molecule has 6 heteroatoms. The molecular weight excluding hydrogens is 503 g/mol. The fraction of sp³-hybridized carbons (Fsp3) is 0.161. The third-order valence-electron chi connectivity index (χ3n) is 5.81. The molecule has 37 heavy (non-hydrogen) atoms. The highest BCUT2D eigenvalue weighted by Gasteiger charge is 2.12. The molecule has 0 bridgehead atoms. The van der Waals surface area contributed by atoms with Gasteiger partial charge in [0.05, 0.1) is 5.56 Å². The van der Waals surface area contributed by atoms with Gasteiger partial charge in [-0.25, -0.2) is 4.79 Å². The van der Waals surface area contributed by atoms with Gasteiger partial charge in [0, 0.05) is 42.2 Å². The summed E-state index contributed by atoms with van der Waals surface area (Å²) in [7, 11) is 1.93. The Bertz CT molecular complexity index is 1310. The van der Waals surface area contributed by atoms with Crippen LogP contribution >= 0.6 is 23.2 Å². The summed E-state index contributed by atoms with van der Waals surface area (Å²) in [5, 5.41) is 10.3. The Kier molecular flexibility index (Phi) is 10.3. The van der Waals surface area contributed by atoms with Gasteiger partial charge in [-0.1, -0.05) is 90.0 Å². The zero-order valence-electron chi connectivity index (χ0n) is 21.0. The number of aryl methyl sites for hydroxylation is 1. The maximum absolute atomic E-state index is 11.3. The van der Waals surface area contributed by atoms with E-state index in [2.05, 4.69) is 62.0 Å². The van der Waals surface area contributed by atoms with Gasteiger partial charge in [0.2, 0.25) is 0 Å². The van der Waals surface area contributed by atoms with E-state index in [4.69, 9.17) is 28.2 Å². The summed E-state index contributed by atoms with van der Waals surface area (Å²) < 4.78 is 0. The molecule has 0 radical (unpaired) electrons. The lowest BCUT2D eigenvalue weighted by Crippen LogP contribution is -2.28. The molecule has 3 aromatic rings. The number of aromatic carboxylic acids is 1. The van der Waals surface area contributed by atoms with E-state index >= 15 is 0 Å². The van der Waals surface area contributed by atoms with Gasteiger partial charge in [0.15, 0.2) is 0 Å². The highest BCUT2D eigenvalue weighted by atomic mass is 35.5. The van der Waals surface area contributed by atoms with E-state index in [0.29, 0.717) is 29.5 Å². The first kappa shape index (κ1) is 28.0. The Morgan fingerprint density at radius 2 is 1.57 bits per heavy atom. The quantitative estimate of drug-likeness (QED) is 0.162. The molecule has 190 valence electrons. The Balaban J connectivity index is 1.82. The van der Waals surface area contributed by atoms with Crippen LogP contribution in [0.4, 0.5) is 5.69 Å². The van der Waals surface area contributed by atoms with Crippen molar-refractivity contribution in [2.75, 3.05) is 18.5 Å². The number of likely N-dealkylation sites (N-methyl/N-ethyl adjacent to an activating group) is 1. The molecule has 0 saturated heterocycles. The first-order valence-electron chi connectivity index (χ1n) is 11.9. The van der Waals surface area contributed by atoms with Crippen molar-refractivity contribution in [1.82, 2.24) is 0 Å². The monoisotopic (exact) mass is 532 g/mol. The second-order valence-electron chi connectivity index (χ2n) is 8.58. The number of nitrogens with zero attached hydrogens (tertiary/aromatic N) is 2. The van der Waals surface area contributed by atoms with Crippen LogP contribution < -0.4 is 4.90 Å². The largest absolute Gasteiger partial charge is 0.478 e. The van der Waals surface area contributed by atoms with E-state index in [1.807, 2.05) is 11.9 Å². The minimum Gasteiger partial charge on any atom is -0.478 e. The topological polar surface area (TPSA) is 52.9 Å². The van der Waals surface area contributed by atoms with Crippen LogP contribution in [-0.4, -0.2) is 30.5 Å². The standard InChI is InChI=1S/C31H30Cl2N2O2/c1-4-5-27(32)21-28(33)18-19-34-30(35(3)29-16-14-26(15-17-29)31(36)37)20-23-8-12-25(13-9-23)24-10-6-22(2)7-11-24/h4-17,21H,1,18-20H2,2-3H3,(H,36,37)/b27-5+,28-21+,34-30?. The normalized spacial score (nSPS) is 12.4. The van der Waals surface area contributed by atoms with Crippen LogP contribution in [-0.2, 0) is 6.42 Å². The smallest absolute Gasteiger partial charge is 0.335 e. The van der Waals surface area contributed by atoms with E-state index in [9.17, 15) is 9.90 Å². The summed E-state index contributed by atoms with van der Waals surface area (Å²) >= 11 is 12.4. The zero-order valence-corrected chi connectivity index (χ0v) is 22.5. The molecule has 4 nitrogen and oxygen atoms in total. The third kappa shape index (κ3) is 8.49. The molecule has 0 amide bonds. The van der Waals surface area contributed by atoms with Crippen molar-refractivity contribution in [3.8, 4) is 11.1 Å². The molecule has 0 spiro atoms. The Morgan fingerprint density at radius 3 is 2.14 bits per heavy atom. The average molecular weight is 533 g/mol. The lowest BCUT2D eigenvalue weighted by molar-refractivity contribution is 0.0697. The van der Waals surface area contributed by atoms with Crippen molar-refractivity contribution in [3.63, 3.8) is 0 Å². The fourth-order valence-electron chi connectivity index (χ4n) is 3.68. The van der Waals surface area contributed by atoms with E-state index in [-0.39, 0.29) is 5.56 Å². The average Bonchev–Trinajstić information content (AvgIpc) is 2.88. The molecule has 0 aromatic heterocycles. The predicted molar refractivity (Wildman–Crippen MR) is 157 cm³/mol. The van der Waals surface area contributed by atoms with Gasteiger partial charge < -0.3 is 10.0 Å². The third-order valence-corrected chi connectivity index (χ3v) is 6.34. The van der Waals surface area contributed by atoms with Crippen LogP contribution in [0.15, 0.2) is 113 Å². The Labute approximate surface area is 228 Å². The maximum atomic E-state index is 11.3. The van der Waals surface area contributed by atoms with Gasteiger partial charge in [-0.15, -0.1) is 0 Å². The van der Waals surface area contributed by atoms with Gasteiger partial charge in [0.1, 0.15) is 5.84 Å². The summed E-state index contributed by atoms with van der Waals surface area (Å²) in [4.78, 5) is 18.1. The second-order valence-corrected chi connectivity index (χ2v) is 9.50. The fourth-order valence-corrected chi connectivity index (χ4v) is 4.15. The van der Waals surface area contributed by atoms with Crippen LogP contribution in [0.5, 0.6) is 0 Å². The number of aliphatic imine (C=N–C) groups is 1. The summed E-state index contributed by atoms with van der Waals surface area (Å²) in [6.45, 7) is 6.18. The molecule has 3 rings (SSSR count). The number of carboxylic acids is 1. The molecular formula is C31H30Cl2N2O2. The Hall–Kier alpha value is -3.60. The van der Waals surface area contributed by atoms with Gasteiger partial charge in [0.25, 0.3) is 0 Å². The number of hydrogen-bond donors (Lipinski definition) is 1. The van der Waals surface area contributed by atoms with Gasteiger partial charge >= 0.3 is 5.97 Å². The van der Waals surface area contributed by atoms with Gasteiger partial charge in [-0.05, 0) is 60.0 Å². The molecule has 0 heterocycles. The van der Waals surface area contributed by atoms with Crippen molar-refractivity contribution in [1.29, 1.82) is 0 Å². The molecule has 0 saturated carbocycles. The summed E-state index contributed by atoms with van der Waals surface area (Å²) in [5.41, 5.74) is 5.76. The van der Waals surface area contributed by atoms with Crippen molar-refractivity contribution in [3.05, 3.63) is 124 Å². The lowest BCUT2D eigenvalue weighted by Gasteiger charge is -2.22.